The molecule has 0 unspecified atom stereocenters. The number of cyclic esters (lactones) is 2. The summed E-state index contributed by atoms with van der Waals surface area (Å²) in [6.45, 7) is 7.43. The highest BCUT2D eigenvalue weighted by atomic mass is 16.6. The predicted molar refractivity (Wildman–Crippen MR) is 133 cm³/mol. The Bertz CT molecular complexity index is 1060. The standard InChI is InChI=1S/C27H34N2O6/c1-27(2,3)35-26(32)29(5)17-8-16-28(4)20-14-12-19(13-15-20)9-7-18-33-22-11-6-10-21-23(22)25(31)34-24(21)30/h6,10-15H,7-9,16-18H2,1-5H3. The number of ether oxygens (including phenoxy) is 3. The fourth-order valence-electron chi connectivity index (χ4n) is 3.70. The minimum Gasteiger partial charge on any atom is -0.493 e. The van der Waals surface area contributed by atoms with Crippen LogP contribution in [0.2, 0.25) is 0 Å². The van der Waals surface area contributed by atoms with Crippen LogP contribution in [0.25, 0.3) is 0 Å². The van der Waals surface area contributed by atoms with Gasteiger partial charge in [-0.3, -0.25) is 0 Å². The lowest BCUT2D eigenvalue weighted by Crippen LogP contribution is -2.35. The van der Waals surface area contributed by atoms with Gasteiger partial charge >= 0.3 is 18.0 Å². The second kappa shape index (κ2) is 11.3. The maximum Gasteiger partial charge on any atom is 0.410 e. The highest BCUT2D eigenvalue weighted by molar-refractivity contribution is 6.16. The van der Waals surface area contributed by atoms with Gasteiger partial charge in [-0.05, 0) is 69.9 Å². The van der Waals surface area contributed by atoms with Crippen LogP contribution in [0.15, 0.2) is 42.5 Å². The minimum absolute atomic E-state index is 0.210. The molecular weight excluding hydrogens is 448 g/mol. The molecule has 1 aliphatic heterocycles. The lowest BCUT2D eigenvalue weighted by molar-refractivity contribution is 0.0296. The van der Waals surface area contributed by atoms with Crippen LogP contribution in [-0.4, -0.2) is 62.3 Å². The highest BCUT2D eigenvalue weighted by Crippen LogP contribution is 2.29. The Morgan fingerprint density at radius 2 is 1.66 bits per heavy atom. The summed E-state index contributed by atoms with van der Waals surface area (Å²) in [4.78, 5) is 39.3. The number of hydrogen-bond acceptors (Lipinski definition) is 7. The summed E-state index contributed by atoms with van der Waals surface area (Å²) in [5, 5.41) is 0. The van der Waals surface area contributed by atoms with Crippen LogP contribution in [0.1, 0.15) is 59.9 Å². The molecule has 0 saturated carbocycles. The van der Waals surface area contributed by atoms with Gasteiger partial charge in [0.15, 0.2) is 0 Å². The number of nitrogens with zero attached hydrogens (tertiary/aromatic N) is 2. The zero-order valence-electron chi connectivity index (χ0n) is 21.1. The molecule has 0 fully saturated rings. The van der Waals surface area contributed by atoms with E-state index in [0.717, 1.165) is 31.5 Å². The Kier molecular flexibility index (Phi) is 8.38. The lowest BCUT2D eigenvalue weighted by Gasteiger charge is -2.25. The molecule has 3 rings (SSSR count). The van der Waals surface area contributed by atoms with Gasteiger partial charge in [-0.15, -0.1) is 0 Å². The smallest absolute Gasteiger partial charge is 0.410 e. The van der Waals surface area contributed by atoms with Crippen LogP contribution in [-0.2, 0) is 15.9 Å². The summed E-state index contributed by atoms with van der Waals surface area (Å²) in [6.07, 6.45) is 2.11. The first kappa shape index (κ1) is 26.1. The van der Waals surface area contributed by atoms with Crippen molar-refractivity contribution in [3.8, 4) is 5.75 Å². The van der Waals surface area contributed by atoms with E-state index >= 15 is 0 Å². The van der Waals surface area contributed by atoms with Crippen molar-refractivity contribution in [2.45, 2.75) is 45.6 Å². The van der Waals surface area contributed by atoms with Crippen molar-refractivity contribution in [3.63, 3.8) is 0 Å². The van der Waals surface area contributed by atoms with Crippen molar-refractivity contribution in [1.29, 1.82) is 0 Å². The van der Waals surface area contributed by atoms with Crippen LogP contribution >= 0.6 is 0 Å². The molecule has 8 heteroatoms. The summed E-state index contributed by atoms with van der Waals surface area (Å²) in [7, 11) is 3.78. The van der Waals surface area contributed by atoms with Gasteiger partial charge in [0, 0.05) is 32.9 Å². The van der Waals surface area contributed by atoms with E-state index in [0.29, 0.717) is 18.9 Å². The van der Waals surface area contributed by atoms with E-state index in [9.17, 15) is 14.4 Å². The van der Waals surface area contributed by atoms with Crippen molar-refractivity contribution >= 4 is 23.7 Å². The summed E-state index contributed by atoms with van der Waals surface area (Å²) in [6, 6.07) is 13.3. The van der Waals surface area contributed by atoms with Crippen molar-refractivity contribution < 1.29 is 28.6 Å². The van der Waals surface area contributed by atoms with E-state index in [1.807, 2.05) is 27.8 Å². The molecule has 1 amide bonds. The van der Waals surface area contributed by atoms with Crippen molar-refractivity contribution in [1.82, 2.24) is 4.90 Å². The Morgan fingerprint density at radius 3 is 2.34 bits per heavy atom. The number of anilines is 1. The zero-order chi connectivity index (χ0) is 25.6. The van der Waals surface area contributed by atoms with Gasteiger partial charge in [0.2, 0.25) is 0 Å². The Morgan fingerprint density at radius 1 is 0.943 bits per heavy atom. The highest BCUT2D eigenvalue weighted by Gasteiger charge is 2.32. The quantitative estimate of drug-likeness (QED) is 0.276. The van der Waals surface area contributed by atoms with E-state index in [1.54, 1.807) is 30.1 Å². The van der Waals surface area contributed by atoms with Gasteiger partial charge in [0.25, 0.3) is 0 Å². The number of fused-ring (bicyclic) bond motifs is 1. The van der Waals surface area contributed by atoms with Gasteiger partial charge in [-0.2, -0.15) is 0 Å². The molecule has 0 N–H and O–H groups in total. The summed E-state index contributed by atoms with van der Waals surface area (Å²) >= 11 is 0. The lowest BCUT2D eigenvalue weighted by atomic mass is 10.1. The number of hydrogen-bond donors (Lipinski definition) is 0. The Hall–Kier alpha value is -3.55. The molecule has 2 aromatic rings. The van der Waals surface area contributed by atoms with Crippen LogP contribution in [0.5, 0.6) is 5.75 Å². The third-order valence-corrected chi connectivity index (χ3v) is 5.57. The molecule has 8 nitrogen and oxygen atoms in total. The topological polar surface area (TPSA) is 85.4 Å². The van der Waals surface area contributed by atoms with E-state index in [-0.39, 0.29) is 17.2 Å². The number of rotatable bonds is 10. The fraction of sp³-hybridized carbons (Fsp3) is 0.444. The number of esters is 2. The number of carbonyl (C=O) groups is 3. The second-order valence-electron chi connectivity index (χ2n) is 9.65. The maximum atomic E-state index is 12.1. The molecule has 188 valence electrons. The van der Waals surface area contributed by atoms with Crippen molar-refractivity contribution in [2.75, 3.05) is 38.7 Å². The molecule has 0 spiro atoms. The molecule has 0 aromatic heterocycles. The second-order valence-corrected chi connectivity index (χ2v) is 9.65. The molecule has 2 aromatic carbocycles. The van der Waals surface area contributed by atoms with E-state index in [2.05, 4.69) is 33.9 Å². The summed E-state index contributed by atoms with van der Waals surface area (Å²) in [5.41, 5.74) is 2.26. The van der Waals surface area contributed by atoms with Crippen LogP contribution in [0, 0.1) is 0 Å². The summed E-state index contributed by atoms with van der Waals surface area (Å²) in [5.74, 6) is -0.903. The minimum atomic E-state index is -0.656. The van der Waals surface area contributed by atoms with Gasteiger partial charge < -0.3 is 24.0 Å². The average molecular weight is 483 g/mol. The summed E-state index contributed by atoms with van der Waals surface area (Å²) < 4.78 is 15.8. The number of aryl methyl sites for hydroxylation is 1. The third-order valence-electron chi connectivity index (χ3n) is 5.57. The number of carbonyl (C=O) groups excluding carboxylic acids is 3. The van der Waals surface area contributed by atoms with Gasteiger partial charge in [0.05, 0.1) is 12.2 Å². The van der Waals surface area contributed by atoms with E-state index in [1.165, 1.54) is 5.56 Å². The molecule has 0 saturated heterocycles. The fourth-order valence-corrected chi connectivity index (χ4v) is 3.70. The molecule has 1 aliphatic rings. The maximum absolute atomic E-state index is 12.1. The average Bonchev–Trinajstić information content (AvgIpc) is 3.10. The molecule has 0 bridgehead atoms. The molecule has 0 radical (unpaired) electrons. The zero-order valence-corrected chi connectivity index (χ0v) is 21.1. The first-order valence-electron chi connectivity index (χ1n) is 11.8. The molecule has 1 heterocycles. The van der Waals surface area contributed by atoms with Crippen LogP contribution < -0.4 is 9.64 Å². The number of benzene rings is 2. The normalized spacial score (nSPS) is 12.7. The van der Waals surface area contributed by atoms with Gasteiger partial charge in [-0.1, -0.05) is 18.2 Å². The van der Waals surface area contributed by atoms with Crippen molar-refractivity contribution in [2.24, 2.45) is 0 Å². The Labute approximate surface area is 206 Å². The van der Waals surface area contributed by atoms with E-state index in [4.69, 9.17) is 9.47 Å². The molecule has 0 atom stereocenters. The van der Waals surface area contributed by atoms with Gasteiger partial charge in [0.1, 0.15) is 16.9 Å². The SMILES string of the molecule is CN(CCCN(C)c1ccc(CCCOc2cccc3c2C(=O)OC3=O)cc1)C(=O)OC(C)(C)C. The van der Waals surface area contributed by atoms with Crippen LogP contribution in [0.3, 0.4) is 0 Å². The first-order chi connectivity index (χ1) is 16.5. The largest absolute Gasteiger partial charge is 0.493 e. The monoisotopic (exact) mass is 482 g/mol. The van der Waals surface area contributed by atoms with Crippen LogP contribution in [0.4, 0.5) is 10.5 Å². The predicted octanol–water partition coefficient (Wildman–Crippen LogP) is 4.70. The number of amides is 1. The third kappa shape index (κ3) is 7.21. The van der Waals surface area contributed by atoms with Crippen molar-refractivity contribution in [3.05, 3.63) is 59.2 Å². The Balaban J connectivity index is 1.40. The first-order valence-corrected chi connectivity index (χ1v) is 11.8. The molecule has 0 aliphatic carbocycles. The molecular formula is C27H34N2O6. The molecule has 35 heavy (non-hydrogen) atoms. The van der Waals surface area contributed by atoms with Gasteiger partial charge in [-0.25, -0.2) is 14.4 Å². The van der Waals surface area contributed by atoms with E-state index < -0.39 is 17.5 Å².